The van der Waals surface area contributed by atoms with E-state index in [4.69, 9.17) is 0 Å². The molecule has 2 heterocycles. The van der Waals surface area contributed by atoms with E-state index in [1.807, 2.05) is 4.57 Å². The lowest BCUT2D eigenvalue weighted by Gasteiger charge is -2.14. The van der Waals surface area contributed by atoms with E-state index in [1.54, 1.807) is 37.3 Å². The molecule has 1 aromatic carbocycles. The third-order valence-corrected chi connectivity index (χ3v) is 7.64. The first-order valence-corrected chi connectivity index (χ1v) is 12.2. The minimum atomic E-state index is -3.04. The predicted molar refractivity (Wildman–Crippen MR) is 117 cm³/mol. The minimum absolute atomic E-state index is 0.0715. The van der Waals surface area contributed by atoms with Gasteiger partial charge in [0.25, 0.3) is 0 Å². The summed E-state index contributed by atoms with van der Waals surface area (Å²) in [5.41, 5.74) is 1.15. The molecule has 0 spiro atoms. The number of carbonyl (C=O) groups is 2. The van der Waals surface area contributed by atoms with Gasteiger partial charge in [0.1, 0.15) is 5.82 Å². The maximum absolute atomic E-state index is 12.8. The average molecular weight is 449 g/mol. The van der Waals surface area contributed by atoms with Crippen molar-refractivity contribution in [3.05, 3.63) is 48.3 Å². The second kappa shape index (κ2) is 9.13. The van der Waals surface area contributed by atoms with Crippen molar-refractivity contribution in [3.63, 3.8) is 0 Å². The largest absolute Gasteiger partial charge is 0.326 e. The minimum Gasteiger partial charge on any atom is -0.326 e. The van der Waals surface area contributed by atoms with Crippen molar-refractivity contribution in [1.29, 1.82) is 0 Å². The van der Waals surface area contributed by atoms with Crippen molar-refractivity contribution < 1.29 is 18.0 Å². The number of thioether (sulfide) groups is 1. The van der Waals surface area contributed by atoms with Crippen LogP contribution in [-0.4, -0.2) is 51.6 Å². The number of aromatic nitrogens is 3. The molecule has 1 aromatic heterocycles. The van der Waals surface area contributed by atoms with Gasteiger partial charge in [-0.25, -0.2) is 8.42 Å². The van der Waals surface area contributed by atoms with Gasteiger partial charge in [0.05, 0.1) is 16.8 Å². The van der Waals surface area contributed by atoms with Crippen LogP contribution >= 0.6 is 11.8 Å². The highest BCUT2D eigenvalue weighted by atomic mass is 32.2. The molecule has 0 radical (unpaired) electrons. The van der Waals surface area contributed by atoms with Crippen molar-refractivity contribution in [1.82, 2.24) is 14.8 Å². The molecule has 2 aromatic rings. The third-order valence-electron chi connectivity index (χ3n) is 4.80. The number of sulfone groups is 1. The molecule has 1 fully saturated rings. The normalized spacial score (nSPS) is 18.7. The Kier molecular flexibility index (Phi) is 6.77. The van der Waals surface area contributed by atoms with Crippen LogP contribution in [0.5, 0.6) is 0 Å². The Labute approximate surface area is 180 Å². The quantitative estimate of drug-likeness (QED) is 0.375. The fourth-order valence-corrected chi connectivity index (χ4v) is 6.04. The first-order valence-electron chi connectivity index (χ1n) is 9.53. The van der Waals surface area contributed by atoms with Gasteiger partial charge in [-0.2, -0.15) is 0 Å². The molecule has 1 saturated heterocycles. The van der Waals surface area contributed by atoms with Gasteiger partial charge in [0.15, 0.2) is 20.8 Å². The molecule has 0 unspecified atom stereocenters. The maximum Gasteiger partial charge on any atom is 0.221 e. The molecule has 0 saturated carbocycles. The van der Waals surface area contributed by atoms with Gasteiger partial charge in [-0.1, -0.05) is 17.8 Å². The van der Waals surface area contributed by atoms with Crippen LogP contribution in [0.1, 0.15) is 42.4 Å². The number of nitrogens with zero attached hydrogens (tertiary/aromatic N) is 3. The molecular formula is C20H24N4O4S2. The summed E-state index contributed by atoms with van der Waals surface area (Å²) in [7, 11) is -3.04. The zero-order chi connectivity index (χ0) is 21.9. The second-order valence-corrected chi connectivity index (χ2v) is 10.8. The summed E-state index contributed by atoms with van der Waals surface area (Å²) in [5, 5.41) is 11.3. The highest BCUT2D eigenvalue weighted by molar-refractivity contribution is 8.00. The molecule has 1 amide bonds. The molecule has 30 heavy (non-hydrogen) atoms. The Morgan fingerprint density at radius 1 is 1.33 bits per heavy atom. The molecule has 2 atom stereocenters. The lowest BCUT2D eigenvalue weighted by atomic mass is 10.1. The lowest BCUT2D eigenvalue weighted by molar-refractivity contribution is -0.114. The molecule has 0 aliphatic carbocycles. The van der Waals surface area contributed by atoms with Gasteiger partial charge in [-0.15, -0.1) is 16.8 Å². The van der Waals surface area contributed by atoms with Crippen LogP contribution in [-0.2, 0) is 21.2 Å². The van der Waals surface area contributed by atoms with E-state index in [1.165, 1.54) is 18.7 Å². The van der Waals surface area contributed by atoms with Crippen molar-refractivity contribution in [3.8, 4) is 0 Å². The van der Waals surface area contributed by atoms with Crippen LogP contribution in [0.25, 0.3) is 0 Å². The first kappa shape index (κ1) is 22.2. The van der Waals surface area contributed by atoms with E-state index in [0.717, 1.165) is 0 Å². The van der Waals surface area contributed by atoms with Crippen LogP contribution in [0, 0.1) is 0 Å². The fourth-order valence-electron chi connectivity index (χ4n) is 3.36. The van der Waals surface area contributed by atoms with Crippen molar-refractivity contribution in [2.24, 2.45) is 0 Å². The van der Waals surface area contributed by atoms with Crippen LogP contribution < -0.4 is 5.32 Å². The van der Waals surface area contributed by atoms with E-state index < -0.39 is 15.1 Å². The monoisotopic (exact) mass is 448 g/mol. The summed E-state index contributed by atoms with van der Waals surface area (Å²) in [5.74, 6) is 0.409. The predicted octanol–water partition coefficient (Wildman–Crippen LogP) is 2.69. The summed E-state index contributed by atoms with van der Waals surface area (Å²) >= 11 is 1.28. The van der Waals surface area contributed by atoms with Crippen LogP contribution in [0.2, 0.25) is 0 Å². The Bertz CT molecular complexity index is 1060. The number of hydrogen-bond donors (Lipinski definition) is 1. The van der Waals surface area contributed by atoms with Gasteiger partial charge in [-0.05, 0) is 37.6 Å². The average Bonchev–Trinajstić information content (AvgIpc) is 3.24. The standard InChI is InChI=1S/C20H24N4O4S2/c1-4-10-24-19(16-9-11-30(27,28)12-16)22-23-20(24)29-13(2)18(26)15-5-7-17(8-6-15)21-14(3)25/h4-8,13,16H,1,9-12H2,2-3H3,(H,21,25)/t13-,16-/m0/s1. The number of Topliss-reactive ketones (excluding diaryl/α,β-unsaturated/α-hetero) is 1. The molecular weight excluding hydrogens is 424 g/mol. The number of ketones is 1. The van der Waals surface area contributed by atoms with E-state index in [0.29, 0.717) is 35.2 Å². The molecule has 1 aliphatic heterocycles. The SMILES string of the molecule is C=CCn1c(S[C@@H](C)C(=O)c2ccc(NC(C)=O)cc2)nnc1[C@H]1CCS(=O)(=O)C1. The summed E-state index contributed by atoms with van der Waals surface area (Å²) < 4.78 is 25.5. The van der Waals surface area contributed by atoms with E-state index in [2.05, 4.69) is 22.1 Å². The number of benzene rings is 1. The number of rotatable bonds is 8. The topological polar surface area (TPSA) is 111 Å². The number of carbonyl (C=O) groups excluding carboxylic acids is 2. The van der Waals surface area contributed by atoms with Gasteiger partial charge in [-0.3, -0.25) is 9.59 Å². The number of nitrogens with one attached hydrogen (secondary N) is 1. The highest BCUT2D eigenvalue weighted by Crippen LogP contribution is 2.32. The summed E-state index contributed by atoms with van der Waals surface area (Å²) in [4.78, 5) is 24.0. The van der Waals surface area contributed by atoms with Crippen LogP contribution in [0.3, 0.4) is 0 Å². The van der Waals surface area contributed by atoms with Gasteiger partial charge in [0.2, 0.25) is 5.91 Å². The molecule has 0 bridgehead atoms. The number of hydrogen-bond acceptors (Lipinski definition) is 7. The zero-order valence-corrected chi connectivity index (χ0v) is 18.5. The van der Waals surface area contributed by atoms with E-state index >= 15 is 0 Å². The number of allylic oxidation sites excluding steroid dienone is 1. The fraction of sp³-hybridized carbons (Fsp3) is 0.400. The molecule has 1 N–H and O–H groups in total. The van der Waals surface area contributed by atoms with Gasteiger partial charge in [0, 0.05) is 30.6 Å². The molecule has 3 rings (SSSR count). The Balaban J connectivity index is 1.75. The molecule has 1 aliphatic rings. The molecule has 10 heteroatoms. The molecule has 8 nitrogen and oxygen atoms in total. The Morgan fingerprint density at radius 2 is 2.03 bits per heavy atom. The van der Waals surface area contributed by atoms with Gasteiger partial charge < -0.3 is 9.88 Å². The Morgan fingerprint density at radius 3 is 2.60 bits per heavy atom. The number of anilines is 1. The van der Waals surface area contributed by atoms with E-state index in [-0.39, 0.29) is 29.1 Å². The van der Waals surface area contributed by atoms with Crippen LogP contribution in [0.15, 0.2) is 42.1 Å². The Hall–Kier alpha value is -2.46. The van der Waals surface area contributed by atoms with Crippen LogP contribution in [0.4, 0.5) is 5.69 Å². The molecule has 160 valence electrons. The second-order valence-electron chi connectivity index (χ2n) is 7.22. The number of amides is 1. The summed E-state index contributed by atoms with van der Waals surface area (Å²) in [6.07, 6.45) is 2.23. The maximum atomic E-state index is 12.8. The van der Waals surface area contributed by atoms with Crippen molar-refractivity contribution >= 4 is 39.0 Å². The van der Waals surface area contributed by atoms with Crippen molar-refractivity contribution in [2.75, 3.05) is 16.8 Å². The van der Waals surface area contributed by atoms with Gasteiger partial charge >= 0.3 is 0 Å². The van der Waals surface area contributed by atoms with E-state index in [9.17, 15) is 18.0 Å². The first-order chi connectivity index (χ1) is 14.2. The smallest absolute Gasteiger partial charge is 0.221 e. The van der Waals surface area contributed by atoms with Crippen molar-refractivity contribution in [2.45, 2.75) is 43.1 Å². The highest BCUT2D eigenvalue weighted by Gasteiger charge is 2.33. The summed E-state index contributed by atoms with van der Waals surface area (Å²) in [6, 6.07) is 6.72. The lowest BCUT2D eigenvalue weighted by Crippen LogP contribution is -2.16. The third kappa shape index (κ3) is 5.17. The summed E-state index contributed by atoms with van der Waals surface area (Å²) in [6.45, 7) is 7.42. The zero-order valence-electron chi connectivity index (χ0n) is 16.9.